The van der Waals surface area contributed by atoms with E-state index in [4.69, 9.17) is 27.6 Å². The Morgan fingerprint density at radius 2 is 1.71 bits per heavy atom. The van der Waals surface area contributed by atoms with E-state index in [1.54, 1.807) is 0 Å². The summed E-state index contributed by atoms with van der Waals surface area (Å²) in [5.74, 6) is 1.90. The predicted molar refractivity (Wildman–Crippen MR) is 68.5 cm³/mol. The summed E-state index contributed by atoms with van der Waals surface area (Å²) < 4.78 is 5.56. The number of aromatic nitrogens is 2. The molecule has 2 rings (SSSR count). The van der Waals surface area contributed by atoms with Crippen molar-refractivity contribution in [3.05, 3.63) is 33.8 Å². The van der Waals surface area contributed by atoms with Crippen molar-refractivity contribution >= 4 is 23.2 Å². The molecule has 3 nitrogen and oxygen atoms in total. The molecule has 0 unspecified atom stereocenters. The minimum atomic E-state index is 0.386. The van der Waals surface area contributed by atoms with Gasteiger partial charge < -0.3 is 4.42 Å². The van der Waals surface area contributed by atoms with Gasteiger partial charge >= 0.3 is 0 Å². The average Bonchev–Trinajstić information content (AvgIpc) is 2.77. The zero-order valence-corrected chi connectivity index (χ0v) is 11.1. The van der Waals surface area contributed by atoms with Crippen LogP contribution in [0.25, 0.3) is 11.6 Å². The lowest BCUT2D eigenvalue weighted by Crippen LogP contribution is -1.95. The van der Waals surface area contributed by atoms with E-state index >= 15 is 0 Å². The quantitative estimate of drug-likeness (QED) is 0.786. The monoisotopic (exact) mass is 270 g/mol. The maximum absolute atomic E-state index is 6.05. The van der Waals surface area contributed by atoms with Gasteiger partial charge in [-0.1, -0.05) is 37.0 Å². The van der Waals surface area contributed by atoms with Gasteiger partial charge in [0.2, 0.25) is 0 Å². The van der Waals surface area contributed by atoms with Crippen LogP contribution in [0.4, 0.5) is 0 Å². The number of halogens is 2. The Hall–Kier alpha value is -1.06. The van der Waals surface area contributed by atoms with Crippen LogP contribution >= 0.6 is 23.2 Å². The highest BCUT2D eigenvalue weighted by atomic mass is 35.5. The molecule has 17 heavy (non-hydrogen) atoms. The third-order valence-corrected chi connectivity index (χ3v) is 3.12. The molecule has 0 saturated carbocycles. The molecule has 0 aliphatic carbocycles. The van der Waals surface area contributed by atoms with Gasteiger partial charge in [-0.05, 0) is 18.6 Å². The Kier molecular flexibility index (Phi) is 3.69. The fourth-order valence-electron chi connectivity index (χ4n) is 1.52. The minimum absolute atomic E-state index is 0.386. The molecule has 0 saturated heterocycles. The highest BCUT2D eigenvalue weighted by molar-refractivity contribution is 6.34. The standard InChI is InChI=1S/C12H12Cl2N2O/c1-3-7-5-6-9(17-7)12-15-10(13)8(4-2)11(14)16-12/h5-6H,3-4H2,1-2H3. The van der Waals surface area contributed by atoms with Crippen molar-refractivity contribution in [2.24, 2.45) is 0 Å². The summed E-state index contributed by atoms with van der Waals surface area (Å²) in [6, 6.07) is 3.72. The third kappa shape index (κ3) is 2.45. The second-order valence-corrected chi connectivity index (χ2v) is 4.30. The van der Waals surface area contributed by atoms with E-state index in [9.17, 15) is 0 Å². The van der Waals surface area contributed by atoms with Crippen LogP contribution in [0, 0.1) is 0 Å². The summed E-state index contributed by atoms with van der Waals surface area (Å²) >= 11 is 12.1. The van der Waals surface area contributed by atoms with Crippen molar-refractivity contribution in [3.8, 4) is 11.6 Å². The third-order valence-electron chi connectivity index (χ3n) is 2.49. The summed E-state index contributed by atoms with van der Waals surface area (Å²) in [5.41, 5.74) is 0.763. The van der Waals surface area contributed by atoms with E-state index in [-0.39, 0.29) is 0 Å². The smallest absolute Gasteiger partial charge is 0.198 e. The van der Waals surface area contributed by atoms with Crippen molar-refractivity contribution in [1.82, 2.24) is 9.97 Å². The Morgan fingerprint density at radius 1 is 1.06 bits per heavy atom. The number of furan rings is 1. The maximum Gasteiger partial charge on any atom is 0.198 e. The van der Waals surface area contributed by atoms with Crippen LogP contribution in [-0.2, 0) is 12.8 Å². The molecule has 0 radical (unpaired) electrons. The Labute approximate surface area is 110 Å². The number of nitrogens with zero attached hydrogens (tertiary/aromatic N) is 2. The van der Waals surface area contributed by atoms with Gasteiger partial charge in [0.05, 0.1) is 0 Å². The van der Waals surface area contributed by atoms with Crippen molar-refractivity contribution in [2.45, 2.75) is 26.7 Å². The van der Waals surface area contributed by atoms with Crippen molar-refractivity contribution < 1.29 is 4.42 Å². The molecule has 2 aromatic rings. The van der Waals surface area contributed by atoms with Gasteiger partial charge in [-0.15, -0.1) is 0 Å². The number of hydrogen-bond donors (Lipinski definition) is 0. The first-order valence-corrected chi connectivity index (χ1v) is 6.22. The summed E-state index contributed by atoms with van der Waals surface area (Å²) in [5, 5.41) is 0.772. The lowest BCUT2D eigenvalue weighted by molar-refractivity contribution is 0.525. The zero-order chi connectivity index (χ0) is 12.4. The van der Waals surface area contributed by atoms with Crippen molar-refractivity contribution in [2.75, 3.05) is 0 Å². The zero-order valence-electron chi connectivity index (χ0n) is 9.63. The van der Waals surface area contributed by atoms with Gasteiger partial charge in [-0.25, -0.2) is 9.97 Å². The summed E-state index contributed by atoms with van der Waals surface area (Å²) in [7, 11) is 0. The van der Waals surface area contributed by atoms with Crippen LogP contribution in [-0.4, -0.2) is 9.97 Å². The molecule has 0 bridgehead atoms. The molecule has 0 fully saturated rings. The van der Waals surface area contributed by atoms with Gasteiger partial charge in [0.1, 0.15) is 16.1 Å². The van der Waals surface area contributed by atoms with Crippen LogP contribution in [0.15, 0.2) is 16.5 Å². The van der Waals surface area contributed by atoms with Crippen molar-refractivity contribution in [1.29, 1.82) is 0 Å². The first kappa shape index (κ1) is 12.4. The largest absolute Gasteiger partial charge is 0.458 e. The van der Waals surface area contributed by atoms with Crippen LogP contribution in [0.2, 0.25) is 10.3 Å². The fourth-order valence-corrected chi connectivity index (χ4v) is 2.18. The highest BCUT2D eigenvalue weighted by Crippen LogP contribution is 2.26. The lowest BCUT2D eigenvalue weighted by atomic mass is 10.2. The van der Waals surface area contributed by atoms with Gasteiger partial charge in [0.25, 0.3) is 0 Å². The Balaban J connectivity index is 2.46. The first-order valence-electron chi connectivity index (χ1n) is 5.46. The van der Waals surface area contributed by atoms with E-state index in [0.717, 1.165) is 17.7 Å². The van der Waals surface area contributed by atoms with Crippen LogP contribution in [0.1, 0.15) is 25.2 Å². The van der Waals surface area contributed by atoms with Gasteiger partial charge in [0, 0.05) is 12.0 Å². The number of rotatable bonds is 3. The number of hydrogen-bond acceptors (Lipinski definition) is 3. The molecule has 0 aliphatic heterocycles. The first-order chi connectivity index (χ1) is 8.15. The molecule has 0 aromatic carbocycles. The lowest BCUT2D eigenvalue weighted by Gasteiger charge is -2.04. The van der Waals surface area contributed by atoms with E-state index in [1.807, 2.05) is 26.0 Å². The average molecular weight is 271 g/mol. The SMILES string of the molecule is CCc1ccc(-c2nc(Cl)c(CC)c(Cl)n2)o1. The second-order valence-electron chi connectivity index (χ2n) is 3.58. The summed E-state index contributed by atoms with van der Waals surface area (Å²) in [4.78, 5) is 8.40. The molecule has 90 valence electrons. The van der Waals surface area contributed by atoms with Crippen molar-refractivity contribution in [3.63, 3.8) is 0 Å². The van der Waals surface area contributed by atoms with Gasteiger partial charge in [-0.2, -0.15) is 0 Å². The molecule has 0 spiro atoms. The van der Waals surface area contributed by atoms with E-state index in [2.05, 4.69) is 9.97 Å². The maximum atomic E-state index is 6.05. The second kappa shape index (κ2) is 5.07. The van der Waals surface area contributed by atoms with E-state index in [1.165, 1.54) is 0 Å². The van der Waals surface area contributed by atoms with Crippen LogP contribution in [0.3, 0.4) is 0 Å². The number of aryl methyl sites for hydroxylation is 1. The molecular formula is C12H12Cl2N2O. The molecule has 0 aliphatic rings. The fraction of sp³-hybridized carbons (Fsp3) is 0.333. The Morgan fingerprint density at radius 3 is 2.18 bits per heavy atom. The van der Waals surface area contributed by atoms with Gasteiger partial charge in [0.15, 0.2) is 11.6 Å². The predicted octanol–water partition coefficient (Wildman–Crippen LogP) is 4.17. The summed E-state index contributed by atoms with van der Waals surface area (Å²) in [6.45, 7) is 3.97. The van der Waals surface area contributed by atoms with Crippen LogP contribution in [0.5, 0.6) is 0 Å². The molecular weight excluding hydrogens is 259 g/mol. The highest BCUT2D eigenvalue weighted by Gasteiger charge is 2.13. The van der Waals surface area contributed by atoms with E-state index in [0.29, 0.717) is 28.3 Å². The van der Waals surface area contributed by atoms with Gasteiger partial charge in [-0.3, -0.25) is 0 Å². The topological polar surface area (TPSA) is 38.9 Å². The van der Waals surface area contributed by atoms with E-state index < -0.39 is 0 Å². The Bertz CT molecular complexity index is 514. The molecule has 5 heteroatoms. The molecule has 0 N–H and O–H groups in total. The molecule has 2 aromatic heterocycles. The molecule has 0 amide bonds. The van der Waals surface area contributed by atoms with Crippen LogP contribution < -0.4 is 0 Å². The summed E-state index contributed by atoms with van der Waals surface area (Å²) in [6.07, 6.45) is 1.53. The molecule has 0 atom stereocenters. The minimum Gasteiger partial charge on any atom is -0.458 e. The molecule has 2 heterocycles. The normalized spacial score (nSPS) is 10.8.